The van der Waals surface area contributed by atoms with Crippen molar-refractivity contribution in [3.05, 3.63) is 113 Å². The van der Waals surface area contributed by atoms with Gasteiger partial charge in [0.2, 0.25) is 0 Å². The van der Waals surface area contributed by atoms with Gasteiger partial charge < -0.3 is 19.9 Å². The first-order valence-electron chi connectivity index (χ1n) is 11.1. The van der Waals surface area contributed by atoms with Crippen molar-refractivity contribution < 1.29 is 14.3 Å². The predicted molar refractivity (Wildman–Crippen MR) is 137 cm³/mol. The normalized spacial score (nSPS) is 17.5. The molecule has 1 fully saturated rings. The Bertz CT molecular complexity index is 1420. The molecule has 8 heteroatoms. The molecule has 1 aliphatic rings. The number of hydrogen-bond donors (Lipinski definition) is 2. The van der Waals surface area contributed by atoms with Gasteiger partial charge in [-0.3, -0.25) is 4.98 Å². The number of carboxylic acid groups (broad SMARTS) is 1. The molecular weight excluding hydrogens is 463 g/mol. The van der Waals surface area contributed by atoms with E-state index in [1.807, 2.05) is 36.9 Å². The largest absolute Gasteiger partial charge is 0.478 e. The number of carboxylic acids is 1. The van der Waals surface area contributed by atoms with Gasteiger partial charge in [0.1, 0.15) is 5.82 Å². The summed E-state index contributed by atoms with van der Waals surface area (Å²) in [6.45, 7) is 4.00. The highest BCUT2D eigenvalue weighted by Gasteiger charge is 2.43. The number of aryl methyl sites for hydroxylation is 1. The third kappa shape index (κ3) is 3.95. The van der Waals surface area contributed by atoms with E-state index in [-0.39, 0.29) is 23.5 Å². The first-order valence-corrected chi connectivity index (χ1v) is 11.6. The molecule has 1 aliphatic heterocycles. The zero-order chi connectivity index (χ0) is 24.7. The van der Waals surface area contributed by atoms with Crippen LogP contribution in [0.2, 0.25) is 0 Å². The maximum absolute atomic E-state index is 15.0. The molecule has 6 nitrogen and oxygen atoms in total. The number of pyridine rings is 1. The highest BCUT2D eigenvalue weighted by atomic mass is 32.1. The SMILES string of the molecule is Cc1cc([C@H]2[C@@H](c3ccccn3)NC(=S)N2c2ccccc2F)c(C)n1-c1ccc(C(=O)O)cc1. The van der Waals surface area contributed by atoms with Crippen LogP contribution in [-0.2, 0) is 0 Å². The summed E-state index contributed by atoms with van der Waals surface area (Å²) < 4.78 is 17.1. The Morgan fingerprint density at radius 3 is 2.43 bits per heavy atom. The second-order valence-electron chi connectivity index (χ2n) is 8.46. The van der Waals surface area contributed by atoms with E-state index < -0.39 is 5.97 Å². The summed E-state index contributed by atoms with van der Waals surface area (Å²) in [5.74, 6) is -1.33. The minimum Gasteiger partial charge on any atom is -0.478 e. The third-order valence-corrected chi connectivity index (χ3v) is 6.69. The molecule has 1 saturated heterocycles. The lowest BCUT2D eigenvalue weighted by Crippen LogP contribution is -2.30. The summed E-state index contributed by atoms with van der Waals surface area (Å²) >= 11 is 5.71. The third-order valence-electron chi connectivity index (χ3n) is 6.37. The number of nitrogens with one attached hydrogen (secondary N) is 1. The number of rotatable bonds is 5. The van der Waals surface area contributed by atoms with Crippen LogP contribution in [-0.4, -0.2) is 25.7 Å². The van der Waals surface area contributed by atoms with Crippen LogP contribution < -0.4 is 10.2 Å². The number of aromatic nitrogens is 2. The van der Waals surface area contributed by atoms with Gasteiger partial charge >= 0.3 is 5.97 Å². The lowest BCUT2D eigenvalue weighted by atomic mass is 9.96. The van der Waals surface area contributed by atoms with Crippen molar-refractivity contribution in [2.75, 3.05) is 4.90 Å². The van der Waals surface area contributed by atoms with Gasteiger partial charge in [0.25, 0.3) is 0 Å². The van der Waals surface area contributed by atoms with Crippen molar-refractivity contribution in [2.24, 2.45) is 0 Å². The smallest absolute Gasteiger partial charge is 0.335 e. The maximum Gasteiger partial charge on any atom is 0.335 e. The maximum atomic E-state index is 15.0. The number of para-hydroxylation sites is 1. The molecular formula is C27H23FN4O2S. The van der Waals surface area contributed by atoms with Crippen LogP contribution in [0.5, 0.6) is 0 Å². The van der Waals surface area contributed by atoms with E-state index in [1.165, 1.54) is 6.07 Å². The van der Waals surface area contributed by atoms with Gasteiger partial charge in [-0.25, -0.2) is 9.18 Å². The number of thiocarbonyl (C=S) groups is 1. The van der Waals surface area contributed by atoms with Crippen LogP contribution in [0.1, 0.15) is 45.1 Å². The van der Waals surface area contributed by atoms with Crippen LogP contribution in [0.4, 0.5) is 10.1 Å². The van der Waals surface area contributed by atoms with Crippen molar-refractivity contribution in [3.8, 4) is 5.69 Å². The van der Waals surface area contributed by atoms with Gasteiger partial charge in [-0.15, -0.1) is 0 Å². The van der Waals surface area contributed by atoms with Gasteiger partial charge in [0.15, 0.2) is 5.11 Å². The Morgan fingerprint density at radius 1 is 1.06 bits per heavy atom. The fourth-order valence-corrected chi connectivity index (χ4v) is 5.15. The predicted octanol–water partition coefficient (Wildman–Crippen LogP) is 5.50. The molecule has 35 heavy (non-hydrogen) atoms. The lowest BCUT2D eigenvalue weighted by Gasteiger charge is -2.28. The number of benzene rings is 2. The van der Waals surface area contributed by atoms with Gasteiger partial charge in [-0.1, -0.05) is 18.2 Å². The second-order valence-corrected chi connectivity index (χ2v) is 8.85. The molecule has 0 unspecified atom stereocenters. The van der Waals surface area contributed by atoms with Crippen LogP contribution in [0.15, 0.2) is 79.0 Å². The summed E-state index contributed by atoms with van der Waals surface area (Å²) in [7, 11) is 0. The average molecular weight is 487 g/mol. The van der Waals surface area contributed by atoms with Gasteiger partial charge in [0.05, 0.1) is 29.0 Å². The van der Waals surface area contributed by atoms with Crippen LogP contribution >= 0.6 is 12.2 Å². The number of carbonyl (C=O) groups is 1. The number of aromatic carboxylic acids is 1. The van der Waals surface area contributed by atoms with E-state index in [1.54, 1.807) is 48.7 Å². The molecule has 2 aromatic heterocycles. The van der Waals surface area contributed by atoms with Gasteiger partial charge in [-0.2, -0.15) is 0 Å². The van der Waals surface area contributed by atoms with Crippen molar-refractivity contribution in [3.63, 3.8) is 0 Å². The minimum atomic E-state index is -0.970. The fraction of sp³-hybridized carbons (Fsp3) is 0.148. The van der Waals surface area contributed by atoms with E-state index in [4.69, 9.17) is 12.2 Å². The lowest BCUT2D eigenvalue weighted by molar-refractivity contribution is 0.0697. The van der Waals surface area contributed by atoms with Gasteiger partial charge in [0, 0.05) is 23.3 Å². The number of halogens is 1. The van der Waals surface area contributed by atoms with E-state index in [0.717, 1.165) is 28.3 Å². The van der Waals surface area contributed by atoms with Crippen LogP contribution in [0, 0.1) is 19.7 Å². The molecule has 0 saturated carbocycles. The summed E-state index contributed by atoms with van der Waals surface area (Å²) in [4.78, 5) is 17.7. The molecule has 0 spiro atoms. The molecule has 3 heterocycles. The first-order chi connectivity index (χ1) is 16.9. The molecule has 176 valence electrons. The number of anilines is 1. The number of nitrogens with zero attached hydrogens (tertiary/aromatic N) is 3. The van der Waals surface area contributed by atoms with Crippen molar-refractivity contribution in [2.45, 2.75) is 25.9 Å². The topological polar surface area (TPSA) is 70.4 Å². The highest BCUT2D eigenvalue weighted by Crippen LogP contribution is 2.44. The van der Waals surface area contributed by atoms with E-state index >= 15 is 0 Å². The Kier molecular flexibility index (Phi) is 5.82. The van der Waals surface area contributed by atoms with Crippen molar-refractivity contribution in [1.82, 2.24) is 14.9 Å². The highest BCUT2D eigenvalue weighted by molar-refractivity contribution is 7.80. The molecule has 0 amide bonds. The second kappa shape index (κ2) is 8.96. The molecule has 2 atom stereocenters. The standard InChI is InChI=1S/C27H23FN4O2S/c1-16-15-20(17(2)31(16)19-12-10-18(11-13-19)26(33)34)25-24(22-8-5-6-14-29-22)30-27(35)32(25)23-9-4-3-7-21(23)28/h3-15,24-25H,1-2H3,(H,30,35)(H,33,34)/t24-,25+/m1/s1. The summed E-state index contributed by atoms with van der Waals surface area (Å²) in [5, 5.41) is 13.0. The summed E-state index contributed by atoms with van der Waals surface area (Å²) in [6.07, 6.45) is 1.73. The summed E-state index contributed by atoms with van der Waals surface area (Å²) in [5.41, 5.74) is 5.14. The number of hydrogen-bond acceptors (Lipinski definition) is 3. The molecule has 0 bridgehead atoms. The summed E-state index contributed by atoms with van der Waals surface area (Å²) in [6, 6.07) is 20.5. The van der Waals surface area contributed by atoms with Gasteiger partial charge in [-0.05, 0) is 86.2 Å². The molecule has 0 aliphatic carbocycles. The molecule has 5 rings (SSSR count). The van der Waals surface area contributed by atoms with E-state index in [9.17, 15) is 14.3 Å². The molecule has 2 aromatic carbocycles. The van der Waals surface area contributed by atoms with Crippen molar-refractivity contribution in [1.29, 1.82) is 0 Å². The zero-order valence-corrected chi connectivity index (χ0v) is 20.0. The van der Waals surface area contributed by atoms with Crippen molar-refractivity contribution >= 4 is 29.0 Å². The molecule has 2 N–H and O–H groups in total. The minimum absolute atomic E-state index is 0.225. The Hall–Kier alpha value is -4.04. The Labute approximate surface area is 207 Å². The van der Waals surface area contributed by atoms with E-state index in [2.05, 4.69) is 20.9 Å². The quantitative estimate of drug-likeness (QED) is 0.363. The Balaban J connectivity index is 1.67. The first kappa shape index (κ1) is 22.7. The molecule has 4 aromatic rings. The zero-order valence-electron chi connectivity index (χ0n) is 19.1. The Morgan fingerprint density at radius 2 is 1.77 bits per heavy atom. The van der Waals surface area contributed by atoms with Crippen LogP contribution in [0.3, 0.4) is 0 Å². The molecule has 0 radical (unpaired) electrons. The monoisotopic (exact) mass is 486 g/mol. The van der Waals surface area contributed by atoms with E-state index in [0.29, 0.717) is 10.8 Å². The van der Waals surface area contributed by atoms with Crippen LogP contribution in [0.25, 0.3) is 5.69 Å². The fourth-order valence-electron chi connectivity index (χ4n) is 4.81. The average Bonchev–Trinajstić information content (AvgIpc) is 3.35.